The van der Waals surface area contributed by atoms with Crippen molar-refractivity contribution in [2.24, 2.45) is 0 Å². The lowest BCUT2D eigenvalue weighted by Gasteiger charge is -2.32. The van der Waals surface area contributed by atoms with Crippen molar-refractivity contribution < 1.29 is 8.42 Å². The van der Waals surface area contributed by atoms with Crippen molar-refractivity contribution in [3.8, 4) is 0 Å². The lowest BCUT2D eigenvalue weighted by atomic mass is 10.1. The molecule has 1 saturated heterocycles. The highest BCUT2D eigenvalue weighted by Crippen LogP contribution is 2.22. The largest absolute Gasteiger partial charge is 0.384 e. The van der Waals surface area contributed by atoms with Crippen LogP contribution in [-0.2, 0) is 16.6 Å². The second kappa shape index (κ2) is 7.11. The van der Waals surface area contributed by atoms with E-state index in [4.69, 9.17) is 5.73 Å². The van der Waals surface area contributed by atoms with Gasteiger partial charge >= 0.3 is 0 Å². The van der Waals surface area contributed by atoms with Gasteiger partial charge in [-0.05, 0) is 38.3 Å². The first kappa shape index (κ1) is 16.6. The molecule has 2 heterocycles. The third-order valence-corrected chi connectivity index (χ3v) is 6.60. The molecule has 128 valence electrons. The number of nitrogens with one attached hydrogen (secondary N) is 1. The third-order valence-electron chi connectivity index (χ3n) is 4.68. The van der Waals surface area contributed by atoms with Gasteiger partial charge in [0, 0.05) is 18.8 Å². The van der Waals surface area contributed by atoms with Crippen molar-refractivity contribution in [1.82, 2.24) is 19.6 Å². The van der Waals surface area contributed by atoms with Crippen LogP contribution in [0.4, 0.5) is 5.82 Å². The lowest BCUT2D eigenvalue weighted by molar-refractivity contribution is 0.216. The predicted octanol–water partition coefficient (Wildman–Crippen LogP) is 0.885. The lowest BCUT2D eigenvalue weighted by Crippen LogP contribution is -2.48. The maximum Gasteiger partial charge on any atom is 0.215 e. The number of anilines is 1. The summed E-state index contributed by atoms with van der Waals surface area (Å²) in [6.45, 7) is 1.94. The van der Waals surface area contributed by atoms with Crippen LogP contribution in [0.3, 0.4) is 0 Å². The molecule has 3 rings (SSSR count). The van der Waals surface area contributed by atoms with Gasteiger partial charge in [0.1, 0.15) is 11.6 Å². The molecule has 1 aromatic heterocycles. The summed E-state index contributed by atoms with van der Waals surface area (Å²) in [7, 11) is -3.26. The Bertz CT molecular complexity index is 631. The minimum atomic E-state index is -3.26. The molecule has 3 N–H and O–H groups in total. The molecule has 0 spiro atoms. The van der Waals surface area contributed by atoms with E-state index in [0.717, 1.165) is 45.1 Å². The predicted molar refractivity (Wildman–Crippen MR) is 89.1 cm³/mol. The number of hydrogen-bond acceptors (Lipinski definition) is 6. The van der Waals surface area contributed by atoms with Gasteiger partial charge in [0.05, 0.1) is 11.8 Å². The smallest absolute Gasteiger partial charge is 0.215 e. The van der Waals surface area contributed by atoms with Crippen molar-refractivity contribution in [2.75, 3.05) is 18.8 Å². The van der Waals surface area contributed by atoms with E-state index in [1.807, 2.05) is 0 Å². The molecule has 0 aromatic carbocycles. The summed E-state index contributed by atoms with van der Waals surface area (Å²) in [5.74, 6) is 1.09. The van der Waals surface area contributed by atoms with Crippen molar-refractivity contribution in [2.45, 2.75) is 56.4 Å². The molecule has 0 amide bonds. The molecular formula is C15H25N5O2S. The first-order chi connectivity index (χ1) is 11.0. The molecule has 2 aliphatic rings. The Morgan fingerprint density at radius 1 is 1.26 bits per heavy atom. The third kappa shape index (κ3) is 4.39. The topological polar surface area (TPSA) is 101 Å². The van der Waals surface area contributed by atoms with Crippen molar-refractivity contribution in [1.29, 1.82) is 0 Å². The summed E-state index contributed by atoms with van der Waals surface area (Å²) in [5.41, 5.74) is 5.68. The van der Waals surface area contributed by atoms with E-state index in [2.05, 4.69) is 19.6 Å². The maximum atomic E-state index is 12.6. The average Bonchev–Trinajstić information content (AvgIpc) is 3.00. The van der Waals surface area contributed by atoms with Gasteiger partial charge in [-0.1, -0.05) is 12.8 Å². The highest BCUT2D eigenvalue weighted by molar-refractivity contribution is 7.90. The zero-order chi connectivity index (χ0) is 16.3. The fourth-order valence-electron chi connectivity index (χ4n) is 3.47. The summed E-state index contributed by atoms with van der Waals surface area (Å²) >= 11 is 0. The summed E-state index contributed by atoms with van der Waals surface area (Å²) in [6.07, 6.45) is 7.40. The number of nitrogens with zero attached hydrogens (tertiary/aromatic N) is 3. The van der Waals surface area contributed by atoms with Crippen LogP contribution in [0.5, 0.6) is 0 Å². The SMILES string of the molecule is Nc1ccnc(CN2CCC[C@H](S(=O)(=O)NC3CCCC3)C2)n1. The second-order valence-electron chi connectivity index (χ2n) is 6.54. The van der Waals surface area contributed by atoms with Crippen LogP contribution >= 0.6 is 0 Å². The Balaban J connectivity index is 1.61. The Morgan fingerprint density at radius 3 is 2.78 bits per heavy atom. The van der Waals surface area contributed by atoms with Crippen LogP contribution in [0.1, 0.15) is 44.3 Å². The van der Waals surface area contributed by atoms with Gasteiger partial charge in [0.25, 0.3) is 0 Å². The Labute approximate surface area is 137 Å². The molecule has 7 nitrogen and oxygen atoms in total. The molecule has 0 unspecified atom stereocenters. The van der Waals surface area contributed by atoms with Crippen molar-refractivity contribution >= 4 is 15.8 Å². The van der Waals surface area contributed by atoms with Crippen LogP contribution in [0.25, 0.3) is 0 Å². The van der Waals surface area contributed by atoms with E-state index >= 15 is 0 Å². The van der Waals surface area contributed by atoms with E-state index in [1.165, 1.54) is 0 Å². The van der Waals surface area contributed by atoms with E-state index in [0.29, 0.717) is 24.7 Å². The highest BCUT2D eigenvalue weighted by atomic mass is 32.2. The average molecular weight is 339 g/mol. The molecule has 23 heavy (non-hydrogen) atoms. The molecule has 1 aromatic rings. The second-order valence-corrected chi connectivity index (χ2v) is 8.53. The molecular weight excluding hydrogens is 314 g/mol. The number of piperidine rings is 1. The van der Waals surface area contributed by atoms with Crippen LogP contribution in [0.15, 0.2) is 12.3 Å². The quantitative estimate of drug-likeness (QED) is 0.826. The molecule has 0 radical (unpaired) electrons. The number of hydrogen-bond donors (Lipinski definition) is 2. The van der Waals surface area contributed by atoms with Gasteiger partial charge in [-0.15, -0.1) is 0 Å². The maximum absolute atomic E-state index is 12.6. The molecule has 2 fully saturated rings. The fraction of sp³-hybridized carbons (Fsp3) is 0.733. The van der Waals surface area contributed by atoms with E-state index in [1.54, 1.807) is 12.3 Å². The summed E-state index contributed by atoms with van der Waals surface area (Å²) < 4.78 is 28.1. The number of nitrogen functional groups attached to an aromatic ring is 1. The number of sulfonamides is 1. The van der Waals surface area contributed by atoms with Crippen molar-refractivity contribution in [3.05, 3.63) is 18.1 Å². The van der Waals surface area contributed by atoms with Crippen LogP contribution in [0.2, 0.25) is 0 Å². The number of nitrogens with two attached hydrogens (primary N) is 1. The molecule has 1 saturated carbocycles. The van der Waals surface area contributed by atoms with Gasteiger partial charge in [-0.2, -0.15) is 0 Å². The zero-order valence-corrected chi connectivity index (χ0v) is 14.1. The van der Waals surface area contributed by atoms with Gasteiger partial charge in [0.2, 0.25) is 10.0 Å². The Kier molecular flexibility index (Phi) is 5.13. The van der Waals surface area contributed by atoms with E-state index in [-0.39, 0.29) is 11.3 Å². The van der Waals surface area contributed by atoms with Gasteiger partial charge < -0.3 is 5.73 Å². The highest BCUT2D eigenvalue weighted by Gasteiger charge is 2.33. The standard InChI is InChI=1S/C15H25N5O2S/c16-14-7-8-17-15(18-14)11-20-9-3-6-13(10-20)23(21,22)19-12-4-1-2-5-12/h7-8,12-13,19H,1-6,9-11H2,(H2,16,17,18)/t13-/m0/s1. The normalized spacial score (nSPS) is 24.1. The van der Waals surface area contributed by atoms with Crippen LogP contribution < -0.4 is 10.5 Å². The van der Waals surface area contributed by atoms with Crippen LogP contribution in [-0.4, -0.2) is 47.7 Å². The van der Waals surface area contributed by atoms with Crippen LogP contribution in [0, 0.1) is 0 Å². The number of likely N-dealkylation sites (tertiary alicyclic amines) is 1. The molecule has 1 atom stereocenters. The number of rotatable bonds is 5. The molecule has 0 bridgehead atoms. The van der Waals surface area contributed by atoms with E-state index < -0.39 is 10.0 Å². The van der Waals surface area contributed by atoms with Gasteiger partial charge in [-0.25, -0.2) is 23.1 Å². The Hall–Kier alpha value is -1.25. The first-order valence-electron chi connectivity index (χ1n) is 8.34. The van der Waals surface area contributed by atoms with Gasteiger partial charge in [-0.3, -0.25) is 4.90 Å². The summed E-state index contributed by atoms with van der Waals surface area (Å²) in [5, 5.41) is -0.349. The van der Waals surface area contributed by atoms with E-state index in [9.17, 15) is 8.42 Å². The number of aromatic nitrogens is 2. The minimum absolute atomic E-state index is 0.132. The summed E-state index contributed by atoms with van der Waals surface area (Å²) in [4.78, 5) is 10.5. The fourth-order valence-corrected chi connectivity index (χ4v) is 5.25. The summed E-state index contributed by atoms with van der Waals surface area (Å²) in [6, 6.07) is 1.78. The van der Waals surface area contributed by atoms with Gasteiger partial charge in [0.15, 0.2) is 0 Å². The molecule has 1 aliphatic carbocycles. The Morgan fingerprint density at radius 2 is 2.04 bits per heavy atom. The molecule has 8 heteroatoms. The minimum Gasteiger partial charge on any atom is -0.384 e. The zero-order valence-electron chi connectivity index (χ0n) is 13.3. The molecule has 1 aliphatic heterocycles. The first-order valence-corrected chi connectivity index (χ1v) is 9.88. The monoisotopic (exact) mass is 339 g/mol. The van der Waals surface area contributed by atoms with Crippen molar-refractivity contribution in [3.63, 3.8) is 0 Å².